The molecule has 0 radical (unpaired) electrons. The zero-order valence-electron chi connectivity index (χ0n) is 16.2. The summed E-state index contributed by atoms with van der Waals surface area (Å²) in [5.74, 6) is 1.58. The SMILES string of the molecule is CCCC1CCC(c2ccc(C(=O)Oc3ccc(C(C)=O)cc3)cc2)CC1. The van der Waals surface area contributed by atoms with Gasteiger partial charge >= 0.3 is 5.97 Å². The van der Waals surface area contributed by atoms with E-state index < -0.39 is 0 Å². The summed E-state index contributed by atoms with van der Waals surface area (Å²) >= 11 is 0. The molecule has 1 aliphatic rings. The third-order valence-corrected chi connectivity index (χ3v) is 5.63. The van der Waals surface area contributed by atoms with E-state index >= 15 is 0 Å². The van der Waals surface area contributed by atoms with Crippen LogP contribution in [0.4, 0.5) is 0 Å². The van der Waals surface area contributed by atoms with Crippen LogP contribution < -0.4 is 4.74 Å². The van der Waals surface area contributed by atoms with Crippen LogP contribution in [0.15, 0.2) is 48.5 Å². The van der Waals surface area contributed by atoms with E-state index in [1.807, 2.05) is 12.1 Å². The van der Waals surface area contributed by atoms with Crippen molar-refractivity contribution in [3.05, 3.63) is 65.2 Å². The second-order valence-electron chi connectivity index (χ2n) is 7.60. The van der Waals surface area contributed by atoms with Crippen LogP contribution in [0.25, 0.3) is 0 Å². The lowest BCUT2D eigenvalue weighted by atomic mass is 9.77. The minimum absolute atomic E-state index is 0.00723. The highest BCUT2D eigenvalue weighted by atomic mass is 16.5. The van der Waals surface area contributed by atoms with Gasteiger partial charge in [0.15, 0.2) is 5.78 Å². The number of benzene rings is 2. The van der Waals surface area contributed by atoms with Crippen LogP contribution in [-0.4, -0.2) is 11.8 Å². The molecular formula is C24H28O3. The molecule has 3 nitrogen and oxygen atoms in total. The molecule has 3 rings (SSSR count). The maximum atomic E-state index is 12.3. The molecule has 0 spiro atoms. The van der Waals surface area contributed by atoms with Gasteiger partial charge in [-0.2, -0.15) is 0 Å². The van der Waals surface area contributed by atoms with E-state index in [1.165, 1.54) is 51.0 Å². The smallest absolute Gasteiger partial charge is 0.343 e. The van der Waals surface area contributed by atoms with Crippen molar-refractivity contribution < 1.29 is 14.3 Å². The fourth-order valence-corrected chi connectivity index (χ4v) is 4.01. The minimum atomic E-state index is -0.372. The molecule has 0 amide bonds. The zero-order chi connectivity index (χ0) is 19.2. The Morgan fingerprint density at radius 3 is 2.04 bits per heavy atom. The van der Waals surface area contributed by atoms with Gasteiger partial charge < -0.3 is 4.74 Å². The number of carbonyl (C=O) groups excluding carboxylic acids is 2. The van der Waals surface area contributed by atoms with Gasteiger partial charge in [-0.3, -0.25) is 4.79 Å². The van der Waals surface area contributed by atoms with Crippen molar-refractivity contribution >= 4 is 11.8 Å². The van der Waals surface area contributed by atoms with Gasteiger partial charge in [-0.05, 0) is 86.4 Å². The molecule has 0 unspecified atom stereocenters. The lowest BCUT2D eigenvalue weighted by Gasteiger charge is -2.28. The summed E-state index contributed by atoms with van der Waals surface area (Å²) in [6.45, 7) is 3.78. The number of esters is 1. The topological polar surface area (TPSA) is 43.4 Å². The van der Waals surface area contributed by atoms with Crippen LogP contribution in [0.1, 0.15) is 84.6 Å². The number of carbonyl (C=O) groups is 2. The van der Waals surface area contributed by atoms with Crippen molar-refractivity contribution in [2.24, 2.45) is 5.92 Å². The van der Waals surface area contributed by atoms with Crippen molar-refractivity contribution in [3.8, 4) is 5.75 Å². The van der Waals surface area contributed by atoms with Crippen LogP contribution in [0, 0.1) is 5.92 Å². The van der Waals surface area contributed by atoms with Gasteiger partial charge in [-0.1, -0.05) is 31.9 Å². The highest BCUT2D eigenvalue weighted by Crippen LogP contribution is 2.37. The van der Waals surface area contributed by atoms with Gasteiger partial charge in [0.2, 0.25) is 0 Å². The molecule has 142 valence electrons. The first-order chi connectivity index (χ1) is 13.1. The fourth-order valence-electron chi connectivity index (χ4n) is 4.01. The lowest BCUT2D eigenvalue weighted by Crippen LogP contribution is -2.13. The van der Waals surface area contributed by atoms with Crippen molar-refractivity contribution in [3.63, 3.8) is 0 Å². The number of hydrogen-bond acceptors (Lipinski definition) is 3. The second kappa shape index (κ2) is 8.98. The molecule has 0 saturated heterocycles. The number of Topliss-reactive ketones (excluding diaryl/α,β-unsaturated/α-hetero) is 1. The summed E-state index contributed by atoms with van der Waals surface area (Å²) in [6.07, 6.45) is 7.76. The largest absolute Gasteiger partial charge is 0.423 e. The molecule has 0 N–H and O–H groups in total. The Morgan fingerprint density at radius 2 is 1.48 bits per heavy atom. The Kier molecular flexibility index (Phi) is 6.44. The Bertz CT molecular complexity index is 766. The van der Waals surface area contributed by atoms with Gasteiger partial charge in [0, 0.05) is 5.56 Å². The first-order valence-electron chi connectivity index (χ1n) is 10.00. The summed E-state index contributed by atoms with van der Waals surface area (Å²) in [6, 6.07) is 14.5. The van der Waals surface area contributed by atoms with Crippen LogP contribution in [0.2, 0.25) is 0 Å². The van der Waals surface area contributed by atoms with E-state index in [2.05, 4.69) is 19.1 Å². The molecule has 3 heteroatoms. The van der Waals surface area contributed by atoms with E-state index in [0.717, 1.165) is 5.92 Å². The predicted octanol–water partition coefficient (Wildman–Crippen LogP) is 6.18. The molecule has 2 aromatic rings. The number of ketones is 1. The average molecular weight is 364 g/mol. The predicted molar refractivity (Wildman–Crippen MR) is 107 cm³/mol. The minimum Gasteiger partial charge on any atom is -0.423 e. The molecule has 27 heavy (non-hydrogen) atoms. The maximum absolute atomic E-state index is 12.3. The van der Waals surface area contributed by atoms with Crippen molar-refractivity contribution in [1.82, 2.24) is 0 Å². The third kappa shape index (κ3) is 5.06. The molecule has 0 bridgehead atoms. The summed E-state index contributed by atoms with van der Waals surface area (Å²) in [5, 5.41) is 0. The quantitative estimate of drug-likeness (QED) is 0.349. The molecule has 0 aliphatic heterocycles. The zero-order valence-corrected chi connectivity index (χ0v) is 16.2. The van der Waals surface area contributed by atoms with Crippen molar-refractivity contribution in [2.75, 3.05) is 0 Å². The van der Waals surface area contributed by atoms with Crippen LogP contribution in [0.5, 0.6) is 5.75 Å². The Balaban J connectivity index is 1.58. The first kappa shape index (κ1) is 19.3. The van der Waals surface area contributed by atoms with Gasteiger partial charge in [0.25, 0.3) is 0 Å². The molecule has 1 saturated carbocycles. The van der Waals surface area contributed by atoms with Gasteiger partial charge in [0.05, 0.1) is 5.56 Å². The molecule has 0 heterocycles. The Hall–Kier alpha value is -2.42. The second-order valence-corrected chi connectivity index (χ2v) is 7.60. The lowest BCUT2D eigenvalue weighted by molar-refractivity contribution is 0.0734. The molecule has 0 atom stereocenters. The van der Waals surface area contributed by atoms with E-state index in [1.54, 1.807) is 24.3 Å². The van der Waals surface area contributed by atoms with Crippen molar-refractivity contribution in [2.45, 2.75) is 58.3 Å². The maximum Gasteiger partial charge on any atom is 0.343 e. The summed E-state index contributed by atoms with van der Waals surface area (Å²) in [7, 11) is 0. The summed E-state index contributed by atoms with van der Waals surface area (Å²) in [4.78, 5) is 23.7. The number of rotatable bonds is 6. The monoisotopic (exact) mass is 364 g/mol. The normalized spacial score (nSPS) is 19.5. The molecule has 0 aromatic heterocycles. The molecular weight excluding hydrogens is 336 g/mol. The average Bonchev–Trinajstić information content (AvgIpc) is 2.69. The number of hydrogen-bond donors (Lipinski definition) is 0. The van der Waals surface area contributed by atoms with E-state index in [-0.39, 0.29) is 11.8 Å². The van der Waals surface area contributed by atoms with Gasteiger partial charge in [-0.15, -0.1) is 0 Å². The van der Waals surface area contributed by atoms with Gasteiger partial charge in [0.1, 0.15) is 5.75 Å². The first-order valence-corrected chi connectivity index (χ1v) is 10.00. The molecule has 1 fully saturated rings. The van der Waals surface area contributed by atoms with Crippen molar-refractivity contribution in [1.29, 1.82) is 0 Å². The van der Waals surface area contributed by atoms with Crippen LogP contribution in [0.3, 0.4) is 0 Å². The van der Waals surface area contributed by atoms with Crippen LogP contribution >= 0.6 is 0 Å². The van der Waals surface area contributed by atoms with E-state index in [4.69, 9.17) is 4.74 Å². The fraction of sp³-hybridized carbons (Fsp3) is 0.417. The standard InChI is InChI=1S/C24H28O3/c1-3-4-18-5-7-20(8-6-18)21-9-11-22(12-10-21)24(26)27-23-15-13-19(14-16-23)17(2)25/h9-16,18,20H,3-8H2,1-2H3. The molecule has 2 aromatic carbocycles. The highest BCUT2D eigenvalue weighted by Gasteiger charge is 2.22. The van der Waals surface area contributed by atoms with Gasteiger partial charge in [-0.25, -0.2) is 4.79 Å². The highest BCUT2D eigenvalue weighted by molar-refractivity contribution is 5.94. The Labute approximate surface area is 161 Å². The number of ether oxygens (including phenoxy) is 1. The Morgan fingerprint density at radius 1 is 0.889 bits per heavy atom. The van der Waals surface area contributed by atoms with E-state index in [0.29, 0.717) is 22.8 Å². The summed E-state index contributed by atoms with van der Waals surface area (Å²) in [5.41, 5.74) is 2.48. The third-order valence-electron chi connectivity index (χ3n) is 5.63. The summed E-state index contributed by atoms with van der Waals surface area (Å²) < 4.78 is 5.41. The van der Waals surface area contributed by atoms with Crippen LogP contribution in [-0.2, 0) is 0 Å². The van der Waals surface area contributed by atoms with E-state index in [9.17, 15) is 9.59 Å². The molecule has 1 aliphatic carbocycles.